The van der Waals surface area contributed by atoms with E-state index in [0.29, 0.717) is 30.9 Å². The molecule has 4 fully saturated rings. The third-order valence-corrected chi connectivity index (χ3v) is 17.6. The van der Waals surface area contributed by atoms with E-state index in [-0.39, 0.29) is 11.9 Å². The van der Waals surface area contributed by atoms with Crippen LogP contribution in [-0.2, 0) is 25.7 Å². The van der Waals surface area contributed by atoms with Gasteiger partial charge in [0.15, 0.2) is 28.8 Å². The van der Waals surface area contributed by atoms with E-state index in [1.54, 1.807) is 26.5 Å². The molecule has 408 valence electrons. The Morgan fingerprint density at radius 2 is 1.18 bits per heavy atom. The molecule has 2 aromatic carbocycles. The molecule has 0 amide bonds. The number of likely N-dealkylation sites (tertiary alicyclic amines) is 2. The van der Waals surface area contributed by atoms with Crippen molar-refractivity contribution in [2.24, 2.45) is 0 Å². The van der Waals surface area contributed by atoms with Crippen molar-refractivity contribution in [2.45, 2.75) is 127 Å². The van der Waals surface area contributed by atoms with Crippen LogP contribution in [0.3, 0.4) is 0 Å². The summed E-state index contributed by atoms with van der Waals surface area (Å²) < 4.78 is 39.5. The Balaban J connectivity index is 0.639. The number of halogens is 1. The number of benzene rings is 2. The van der Waals surface area contributed by atoms with Crippen LogP contribution in [0.5, 0.6) is 23.0 Å². The zero-order valence-electron chi connectivity index (χ0n) is 45.6. The molecule has 77 heavy (non-hydrogen) atoms. The maximum absolute atomic E-state index is 14.6. The number of aryl methyl sites for hydroxylation is 2. The lowest BCUT2D eigenvalue weighted by Crippen LogP contribution is -2.39. The first-order chi connectivity index (χ1) is 37.9. The first kappa shape index (κ1) is 51.6. The van der Waals surface area contributed by atoms with Gasteiger partial charge in [-0.2, -0.15) is 0 Å². The van der Waals surface area contributed by atoms with Gasteiger partial charge < -0.3 is 49.2 Å². The smallest absolute Gasteiger partial charge is 0.164 e. The van der Waals surface area contributed by atoms with Gasteiger partial charge in [-0.15, -0.1) is 0 Å². The van der Waals surface area contributed by atoms with Gasteiger partial charge in [0.05, 0.1) is 50.4 Å². The minimum atomic E-state index is -0.259. The maximum Gasteiger partial charge on any atom is 0.164 e. The molecule has 8 heterocycles. The van der Waals surface area contributed by atoms with Gasteiger partial charge >= 0.3 is 0 Å². The fourth-order valence-corrected chi connectivity index (χ4v) is 13.4. The molecular weight excluding hydrogens is 968 g/mol. The first-order valence-electron chi connectivity index (χ1n) is 29.3. The summed E-state index contributed by atoms with van der Waals surface area (Å²) in [5, 5.41) is 10.3. The van der Waals surface area contributed by atoms with E-state index in [1.807, 2.05) is 6.20 Å². The van der Waals surface area contributed by atoms with Crippen molar-refractivity contribution in [2.75, 3.05) is 113 Å². The average molecular weight is 1050 g/mol. The monoisotopic (exact) mass is 1050 g/mol. The molecule has 4 aromatic heterocycles. The van der Waals surface area contributed by atoms with Crippen molar-refractivity contribution in [1.29, 1.82) is 0 Å². The molecule has 1 unspecified atom stereocenters. The lowest BCUT2D eigenvalue weighted by Gasteiger charge is -2.35. The van der Waals surface area contributed by atoms with Crippen LogP contribution in [0.2, 0.25) is 0 Å². The number of aromatic nitrogens is 4. The summed E-state index contributed by atoms with van der Waals surface area (Å²) in [4.78, 5) is 29.2. The molecule has 4 saturated heterocycles. The second kappa shape index (κ2) is 23.8. The van der Waals surface area contributed by atoms with Gasteiger partial charge in [0.25, 0.3) is 0 Å². The summed E-state index contributed by atoms with van der Waals surface area (Å²) in [6.45, 7) is 11.4. The fraction of sp³-hybridized carbons (Fsp3) is 0.548. The van der Waals surface area contributed by atoms with Crippen LogP contribution >= 0.6 is 0 Å². The van der Waals surface area contributed by atoms with Crippen LogP contribution in [0.1, 0.15) is 118 Å². The van der Waals surface area contributed by atoms with E-state index in [1.165, 1.54) is 83.8 Å². The summed E-state index contributed by atoms with van der Waals surface area (Å²) >= 11 is 0. The zero-order valence-corrected chi connectivity index (χ0v) is 45.6. The van der Waals surface area contributed by atoms with Gasteiger partial charge in [-0.3, -0.25) is 19.9 Å². The lowest BCUT2D eigenvalue weighted by atomic mass is 9.98. The van der Waals surface area contributed by atoms with E-state index in [4.69, 9.17) is 33.9 Å². The number of piperidine rings is 2. The van der Waals surface area contributed by atoms with E-state index in [2.05, 4.69) is 71.6 Å². The predicted molar refractivity (Wildman–Crippen MR) is 306 cm³/mol. The molecule has 1 atom stereocenters. The third-order valence-electron chi connectivity index (χ3n) is 17.6. The Morgan fingerprint density at radius 3 is 1.82 bits per heavy atom. The van der Waals surface area contributed by atoms with Gasteiger partial charge in [-0.25, -0.2) is 4.39 Å². The summed E-state index contributed by atoms with van der Waals surface area (Å²) in [5.74, 6) is 3.20. The standard InChI is InChI=1S/C62H79FN10O4/c1-74-57-36-48-54(68-51-13-5-3-4-11-46(51)61(48)67-44-20-31-73(32-21-44)56-16-22-64-40-50(56)63)38-60(57)77-34-10-27-71-28-17-42(41-71)53-35-45(15-23-65-53)72-29-18-43(19-30-72)66-62-47-12-8-14-52(47)69-55-39-59(58(75-2)37-49(55)62)76-33-9-26-70-24-6-7-25-70/h15-16,22-23,35-40,42-44H,3-14,17-21,24-34,41H2,1-2H3,(H,66,69)(H,67,68). The van der Waals surface area contributed by atoms with Gasteiger partial charge in [-0.1, -0.05) is 6.42 Å². The number of nitrogens with one attached hydrogen (secondary N) is 2. The molecule has 12 rings (SSSR count). The molecule has 4 aliphatic heterocycles. The molecule has 6 aliphatic rings. The highest BCUT2D eigenvalue weighted by molar-refractivity contribution is 5.97. The van der Waals surface area contributed by atoms with Gasteiger partial charge in [-0.05, 0) is 164 Å². The predicted octanol–water partition coefficient (Wildman–Crippen LogP) is 10.8. The second-order valence-electron chi connectivity index (χ2n) is 22.6. The van der Waals surface area contributed by atoms with E-state index < -0.39 is 0 Å². The molecule has 0 spiro atoms. The van der Waals surface area contributed by atoms with Gasteiger partial charge in [0, 0.05) is 133 Å². The average Bonchev–Trinajstić information content (AvgIpc) is 4.28. The van der Waals surface area contributed by atoms with E-state index >= 15 is 0 Å². The van der Waals surface area contributed by atoms with Gasteiger partial charge in [0.1, 0.15) is 0 Å². The van der Waals surface area contributed by atoms with Crippen molar-refractivity contribution in [3.05, 3.63) is 95.1 Å². The topological polar surface area (TPSA) is 126 Å². The largest absolute Gasteiger partial charge is 0.493 e. The molecule has 2 N–H and O–H groups in total. The number of anilines is 4. The van der Waals surface area contributed by atoms with Crippen LogP contribution < -0.4 is 39.4 Å². The lowest BCUT2D eigenvalue weighted by molar-refractivity contribution is 0.253. The van der Waals surface area contributed by atoms with Crippen LogP contribution in [0, 0.1) is 5.82 Å². The van der Waals surface area contributed by atoms with Crippen molar-refractivity contribution >= 4 is 44.6 Å². The first-order valence-corrected chi connectivity index (χ1v) is 29.3. The number of pyridine rings is 4. The Bertz CT molecular complexity index is 3010. The summed E-state index contributed by atoms with van der Waals surface area (Å²) in [5.41, 5.74) is 12.6. The SMILES string of the molecule is COc1cc2c(NC3CCN(c4ccnc(C5CCN(CCCOc6cc7nc8c(c(NC9CCN(c%10ccncc%10F)CC9)c7cc6OC)CCCCC8)C5)c4)CC3)c3c(nc2cc1OCCCN1CCCC1)CCC3. The minimum absolute atomic E-state index is 0.259. The summed E-state index contributed by atoms with van der Waals surface area (Å²) in [6.07, 6.45) is 23.4. The van der Waals surface area contributed by atoms with E-state index in [0.717, 1.165) is 187 Å². The Hall–Kier alpha value is -6.19. The number of hydrogen-bond donors (Lipinski definition) is 2. The maximum atomic E-state index is 14.6. The summed E-state index contributed by atoms with van der Waals surface area (Å²) in [6, 6.07) is 15.5. The molecular formula is C62H79FN10O4. The molecule has 0 radical (unpaired) electrons. The fourth-order valence-electron chi connectivity index (χ4n) is 13.4. The normalized spacial score (nSPS) is 19.6. The van der Waals surface area contributed by atoms with Crippen molar-refractivity contribution in [3.8, 4) is 23.0 Å². The molecule has 2 aliphatic carbocycles. The van der Waals surface area contributed by atoms with Crippen molar-refractivity contribution in [1.82, 2.24) is 29.7 Å². The van der Waals surface area contributed by atoms with Crippen LogP contribution in [0.15, 0.2) is 61.1 Å². The van der Waals surface area contributed by atoms with Crippen LogP contribution in [0.4, 0.5) is 27.1 Å². The number of rotatable bonds is 19. The van der Waals surface area contributed by atoms with E-state index in [9.17, 15) is 4.39 Å². The third kappa shape index (κ3) is 11.5. The number of fused-ring (bicyclic) bond motifs is 4. The highest BCUT2D eigenvalue weighted by atomic mass is 19.1. The highest BCUT2D eigenvalue weighted by Crippen LogP contribution is 2.43. The number of nitrogens with zero attached hydrogens (tertiary/aromatic N) is 8. The van der Waals surface area contributed by atoms with Crippen molar-refractivity contribution in [3.63, 3.8) is 0 Å². The number of methoxy groups -OCH3 is 2. The zero-order chi connectivity index (χ0) is 52.1. The Morgan fingerprint density at radius 1 is 0.584 bits per heavy atom. The Labute approximate surface area is 454 Å². The van der Waals surface area contributed by atoms with Gasteiger partial charge in [0.2, 0.25) is 0 Å². The Kier molecular flexibility index (Phi) is 15.9. The molecule has 0 saturated carbocycles. The molecule has 0 bridgehead atoms. The molecule has 15 heteroatoms. The molecule has 6 aromatic rings. The van der Waals surface area contributed by atoms with Crippen LogP contribution in [-0.4, -0.2) is 135 Å². The number of ether oxygens (including phenoxy) is 4. The quantitative estimate of drug-likeness (QED) is 0.0590. The molecule has 14 nitrogen and oxygen atoms in total. The minimum Gasteiger partial charge on any atom is -0.493 e. The number of hydrogen-bond acceptors (Lipinski definition) is 14. The van der Waals surface area contributed by atoms with Crippen LogP contribution in [0.25, 0.3) is 21.8 Å². The summed E-state index contributed by atoms with van der Waals surface area (Å²) in [7, 11) is 3.48. The highest BCUT2D eigenvalue weighted by Gasteiger charge is 2.30. The second-order valence-corrected chi connectivity index (χ2v) is 22.6. The van der Waals surface area contributed by atoms with Crippen molar-refractivity contribution < 1.29 is 23.3 Å².